The van der Waals surface area contributed by atoms with E-state index in [0.29, 0.717) is 22.8 Å². The minimum absolute atomic E-state index is 0.490. The number of hydrogen-bond donors (Lipinski definition) is 1. The summed E-state index contributed by atoms with van der Waals surface area (Å²) in [4.78, 5) is 0. The van der Waals surface area contributed by atoms with Crippen molar-refractivity contribution in [1.29, 1.82) is 0 Å². The fraction of sp³-hybridized carbons (Fsp3) is 0.333. The average molecular weight is 341 g/mol. The summed E-state index contributed by atoms with van der Waals surface area (Å²) >= 11 is 3.39. The van der Waals surface area contributed by atoms with Crippen molar-refractivity contribution in [3.05, 3.63) is 45.8 Å². The molecule has 1 atom stereocenters. The van der Waals surface area contributed by atoms with Gasteiger partial charge >= 0.3 is 0 Å². The van der Waals surface area contributed by atoms with Gasteiger partial charge in [0.2, 0.25) is 0 Å². The van der Waals surface area contributed by atoms with Gasteiger partial charge in [0.05, 0.1) is 18.7 Å². The fourth-order valence-electron chi connectivity index (χ4n) is 1.98. The molecule has 0 bridgehead atoms. The molecule has 20 heavy (non-hydrogen) atoms. The van der Waals surface area contributed by atoms with Crippen LogP contribution in [0.5, 0.6) is 11.5 Å². The van der Waals surface area contributed by atoms with Crippen LogP contribution in [0.1, 0.15) is 30.1 Å². The zero-order valence-corrected chi connectivity index (χ0v) is 13.2. The lowest BCUT2D eigenvalue weighted by Crippen LogP contribution is -2.02. The molecular formula is C15H17BrO4. The molecule has 0 radical (unpaired) electrons. The third-order valence-corrected chi connectivity index (χ3v) is 3.72. The van der Waals surface area contributed by atoms with Crippen LogP contribution in [0.2, 0.25) is 0 Å². The molecule has 0 aliphatic carbocycles. The number of hydrogen-bond acceptors (Lipinski definition) is 4. The van der Waals surface area contributed by atoms with Crippen LogP contribution >= 0.6 is 15.9 Å². The van der Waals surface area contributed by atoms with E-state index in [1.807, 2.05) is 13.0 Å². The van der Waals surface area contributed by atoms with E-state index < -0.39 is 6.10 Å². The molecule has 1 heterocycles. The number of aliphatic hydroxyl groups is 1. The summed E-state index contributed by atoms with van der Waals surface area (Å²) in [6, 6.07) is 7.14. The van der Waals surface area contributed by atoms with Crippen molar-refractivity contribution in [3.8, 4) is 11.5 Å². The standard InChI is InChI=1S/C15H17BrO4/c1-4-9-5-6-12(20-9)15(17)10-7-14(19-3)11(16)8-13(10)18-2/h5-8,15,17H,4H2,1-3H3. The highest BCUT2D eigenvalue weighted by Crippen LogP contribution is 2.38. The molecule has 0 amide bonds. The monoisotopic (exact) mass is 340 g/mol. The van der Waals surface area contributed by atoms with Crippen LogP contribution in [0.3, 0.4) is 0 Å². The molecule has 0 aliphatic rings. The Balaban J connectivity index is 2.44. The van der Waals surface area contributed by atoms with E-state index in [4.69, 9.17) is 13.9 Å². The SMILES string of the molecule is CCc1ccc(C(O)c2cc(OC)c(Br)cc2OC)o1. The van der Waals surface area contributed by atoms with E-state index in [9.17, 15) is 5.11 Å². The Hall–Kier alpha value is -1.46. The van der Waals surface area contributed by atoms with E-state index in [0.717, 1.165) is 16.7 Å². The molecule has 0 aliphatic heterocycles. The van der Waals surface area contributed by atoms with E-state index in [2.05, 4.69) is 15.9 Å². The highest BCUT2D eigenvalue weighted by molar-refractivity contribution is 9.10. The molecule has 1 aromatic heterocycles. The van der Waals surface area contributed by atoms with Crippen LogP contribution in [-0.2, 0) is 6.42 Å². The molecule has 5 heteroatoms. The van der Waals surface area contributed by atoms with Crippen molar-refractivity contribution in [2.45, 2.75) is 19.4 Å². The Bertz CT molecular complexity index is 592. The molecule has 2 rings (SSSR count). The van der Waals surface area contributed by atoms with Gasteiger partial charge in [-0.1, -0.05) is 6.92 Å². The summed E-state index contributed by atoms with van der Waals surface area (Å²) in [5.74, 6) is 2.52. The van der Waals surface area contributed by atoms with Gasteiger partial charge in [0.15, 0.2) is 0 Å². The number of benzene rings is 1. The van der Waals surface area contributed by atoms with Gasteiger partial charge < -0.3 is 19.0 Å². The summed E-state index contributed by atoms with van der Waals surface area (Å²) in [5.41, 5.74) is 0.601. The summed E-state index contributed by atoms with van der Waals surface area (Å²) in [5, 5.41) is 10.5. The summed E-state index contributed by atoms with van der Waals surface area (Å²) in [6.45, 7) is 2.00. The van der Waals surface area contributed by atoms with Gasteiger partial charge in [0.25, 0.3) is 0 Å². The van der Waals surface area contributed by atoms with Crippen LogP contribution in [0, 0.1) is 0 Å². The van der Waals surface area contributed by atoms with Gasteiger partial charge in [0.1, 0.15) is 29.1 Å². The molecule has 2 aromatic rings. The van der Waals surface area contributed by atoms with Crippen LogP contribution in [0.25, 0.3) is 0 Å². The van der Waals surface area contributed by atoms with Gasteiger partial charge in [-0.15, -0.1) is 0 Å². The maximum atomic E-state index is 10.5. The molecule has 0 spiro atoms. The largest absolute Gasteiger partial charge is 0.496 e. The second-order valence-electron chi connectivity index (χ2n) is 4.29. The third kappa shape index (κ3) is 2.83. The normalized spacial score (nSPS) is 12.2. The van der Waals surface area contributed by atoms with Gasteiger partial charge in [-0.25, -0.2) is 0 Å². The van der Waals surface area contributed by atoms with Crippen molar-refractivity contribution in [1.82, 2.24) is 0 Å². The first kappa shape index (κ1) is 14.9. The first-order valence-corrected chi connectivity index (χ1v) is 7.08. The summed E-state index contributed by atoms with van der Waals surface area (Å²) in [7, 11) is 3.13. The van der Waals surface area contributed by atoms with Crippen molar-refractivity contribution in [2.24, 2.45) is 0 Å². The minimum Gasteiger partial charge on any atom is -0.496 e. The van der Waals surface area contributed by atoms with E-state index in [1.165, 1.54) is 0 Å². The van der Waals surface area contributed by atoms with Crippen molar-refractivity contribution < 1.29 is 19.0 Å². The van der Waals surface area contributed by atoms with Crippen LogP contribution in [0.15, 0.2) is 33.2 Å². The fourth-order valence-corrected chi connectivity index (χ4v) is 2.47. The first-order chi connectivity index (χ1) is 9.60. The summed E-state index contributed by atoms with van der Waals surface area (Å²) in [6.07, 6.45) is -0.111. The molecule has 108 valence electrons. The number of methoxy groups -OCH3 is 2. The number of rotatable bonds is 5. The molecular weight excluding hydrogens is 324 g/mol. The lowest BCUT2D eigenvalue weighted by atomic mass is 10.1. The lowest BCUT2D eigenvalue weighted by molar-refractivity contribution is 0.182. The second-order valence-corrected chi connectivity index (χ2v) is 5.14. The quantitative estimate of drug-likeness (QED) is 0.901. The summed E-state index contributed by atoms with van der Waals surface area (Å²) < 4.78 is 16.9. The zero-order chi connectivity index (χ0) is 14.7. The van der Waals surface area contributed by atoms with Crippen LogP contribution < -0.4 is 9.47 Å². The Labute approximate surface area is 126 Å². The number of ether oxygens (including phenoxy) is 2. The predicted octanol–water partition coefficient (Wildman–Crippen LogP) is 3.70. The number of aliphatic hydroxyl groups excluding tert-OH is 1. The number of halogens is 1. The van der Waals surface area contributed by atoms with Gasteiger partial charge in [-0.2, -0.15) is 0 Å². The molecule has 1 unspecified atom stereocenters. The van der Waals surface area contributed by atoms with Gasteiger partial charge in [-0.05, 0) is 40.2 Å². The van der Waals surface area contributed by atoms with Gasteiger partial charge in [-0.3, -0.25) is 0 Å². The molecule has 1 aromatic carbocycles. The Morgan fingerprint density at radius 2 is 1.90 bits per heavy atom. The second kappa shape index (κ2) is 6.33. The molecule has 0 fully saturated rings. The van der Waals surface area contributed by atoms with E-state index in [1.54, 1.807) is 32.4 Å². The maximum absolute atomic E-state index is 10.5. The average Bonchev–Trinajstić information content (AvgIpc) is 2.95. The van der Waals surface area contributed by atoms with Crippen LogP contribution in [0.4, 0.5) is 0 Å². The third-order valence-electron chi connectivity index (χ3n) is 3.10. The van der Waals surface area contributed by atoms with Crippen molar-refractivity contribution >= 4 is 15.9 Å². The highest BCUT2D eigenvalue weighted by Gasteiger charge is 2.21. The minimum atomic E-state index is -0.896. The van der Waals surface area contributed by atoms with E-state index in [-0.39, 0.29) is 0 Å². The smallest absolute Gasteiger partial charge is 0.140 e. The van der Waals surface area contributed by atoms with Crippen LogP contribution in [-0.4, -0.2) is 19.3 Å². The Morgan fingerprint density at radius 3 is 2.45 bits per heavy atom. The Morgan fingerprint density at radius 1 is 1.20 bits per heavy atom. The van der Waals surface area contributed by atoms with Crippen molar-refractivity contribution in [2.75, 3.05) is 14.2 Å². The number of aryl methyl sites for hydroxylation is 1. The first-order valence-electron chi connectivity index (χ1n) is 6.28. The number of furan rings is 1. The van der Waals surface area contributed by atoms with E-state index >= 15 is 0 Å². The molecule has 1 N–H and O–H groups in total. The lowest BCUT2D eigenvalue weighted by Gasteiger charge is -2.15. The predicted molar refractivity (Wildman–Crippen MR) is 79.4 cm³/mol. The maximum Gasteiger partial charge on any atom is 0.140 e. The Kier molecular flexibility index (Phi) is 4.73. The molecule has 4 nitrogen and oxygen atoms in total. The molecule has 0 saturated carbocycles. The van der Waals surface area contributed by atoms with Crippen molar-refractivity contribution in [3.63, 3.8) is 0 Å². The van der Waals surface area contributed by atoms with Gasteiger partial charge in [0, 0.05) is 12.0 Å². The zero-order valence-electron chi connectivity index (χ0n) is 11.6. The highest BCUT2D eigenvalue weighted by atomic mass is 79.9. The topological polar surface area (TPSA) is 51.8 Å². The molecule has 0 saturated heterocycles.